The molecule has 11 rings (SSSR count). The van der Waals surface area contributed by atoms with Crippen LogP contribution in [-0.2, 0) is 0 Å². The van der Waals surface area contributed by atoms with Gasteiger partial charge >= 0.3 is 0 Å². The molecular weight excluding hydrogens is 613 g/mol. The first-order valence-electron chi connectivity index (χ1n) is 16.8. The molecule has 0 saturated carbocycles. The molecule has 8 aromatic carbocycles. The number of benzene rings is 8. The number of hydrogen-bond donors (Lipinski definition) is 0. The molecule has 228 valence electrons. The highest BCUT2D eigenvalue weighted by atomic mass is 32.1. The van der Waals surface area contributed by atoms with Crippen LogP contribution in [0.1, 0.15) is 0 Å². The van der Waals surface area contributed by atoms with Crippen LogP contribution in [0.5, 0.6) is 0 Å². The van der Waals surface area contributed by atoms with E-state index in [1.54, 1.807) is 0 Å². The summed E-state index contributed by atoms with van der Waals surface area (Å²) in [5.41, 5.74) is 12.3. The third-order valence-electron chi connectivity index (χ3n) is 10.3. The molecule has 0 radical (unpaired) electrons. The number of thiophene rings is 1. The molecule has 10 aromatic rings. The van der Waals surface area contributed by atoms with E-state index in [2.05, 4.69) is 179 Å². The molecule has 2 aromatic heterocycles. The summed E-state index contributed by atoms with van der Waals surface area (Å²) in [6.45, 7) is 0. The van der Waals surface area contributed by atoms with Crippen LogP contribution in [0.15, 0.2) is 170 Å². The van der Waals surface area contributed by atoms with Gasteiger partial charge in [0.2, 0.25) is 0 Å². The zero-order valence-corrected chi connectivity index (χ0v) is 27.3. The van der Waals surface area contributed by atoms with Crippen LogP contribution in [0.2, 0.25) is 0 Å². The molecule has 0 bridgehead atoms. The number of para-hydroxylation sites is 2. The molecule has 0 fully saturated rings. The van der Waals surface area contributed by atoms with Crippen molar-refractivity contribution in [1.29, 1.82) is 0 Å². The molecule has 0 amide bonds. The van der Waals surface area contributed by atoms with E-state index < -0.39 is 0 Å². The Kier molecular flexibility index (Phi) is 5.57. The monoisotopic (exact) mass is 640 g/mol. The van der Waals surface area contributed by atoms with Gasteiger partial charge in [-0.3, -0.25) is 0 Å². The van der Waals surface area contributed by atoms with Crippen molar-refractivity contribution in [2.75, 3.05) is 4.90 Å². The van der Waals surface area contributed by atoms with Crippen molar-refractivity contribution in [2.24, 2.45) is 0 Å². The van der Waals surface area contributed by atoms with Gasteiger partial charge in [-0.2, -0.15) is 0 Å². The summed E-state index contributed by atoms with van der Waals surface area (Å²) in [5.74, 6) is 0. The van der Waals surface area contributed by atoms with E-state index in [0.717, 1.165) is 17.1 Å². The number of rotatable bonds is 4. The summed E-state index contributed by atoms with van der Waals surface area (Å²) >= 11 is 1.87. The van der Waals surface area contributed by atoms with E-state index >= 15 is 0 Å². The van der Waals surface area contributed by atoms with Gasteiger partial charge in [0.15, 0.2) is 0 Å². The molecule has 1 aliphatic carbocycles. The topological polar surface area (TPSA) is 8.17 Å². The average Bonchev–Trinajstić information content (AvgIpc) is 3.66. The second kappa shape index (κ2) is 10.2. The third-order valence-corrected chi connectivity index (χ3v) is 11.4. The van der Waals surface area contributed by atoms with Crippen molar-refractivity contribution >= 4 is 81.1 Å². The zero-order valence-electron chi connectivity index (χ0n) is 26.5. The van der Waals surface area contributed by atoms with Crippen molar-refractivity contribution in [1.82, 2.24) is 4.57 Å². The lowest BCUT2D eigenvalue weighted by molar-refractivity contribution is 1.19. The Bertz CT molecular complexity index is 2890. The van der Waals surface area contributed by atoms with Gasteiger partial charge in [-0.25, -0.2) is 0 Å². The number of aromatic nitrogens is 1. The van der Waals surface area contributed by atoms with Crippen molar-refractivity contribution in [2.45, 2.75) is 0 Å². The molecule has 0 saturated heterocycles. The predicted molar refractivity (Wildman–Crippen MR) is 210 cm³/mol. The van der Waals surface area contributed by atoms with E-state index in [1.807, 2.05) is 11.3 Å². The molecule has 1 aliphatic rings. The van der Waals surface area contributed by atoms with Crippen LogP contribution in [-0.4, -0.2) is 4.57 Å². The summed E-state index contributed by atoms with van der Waals surface area (Å²) in [6, 6.07) is 62.3. The summed E-state index contributed by atoms with van der Waals surface area (Å²) in [4.78, 5) is 2.34. The second-order valence-corrected chi connectivity index (χ2v) is 14.0. The van der Waals surface area contributed by atoms with Crippen LogP contribution in [0.3, 0.4) is 0 Å². The molecule has 2 nitrogen and oxygen atoms in total. The molecule has 0 aliphatic heterocycles. The molecule has 0 unspecified atom stereocenters. The summed E-state index contributed by atoms with van der Waals surface area (Å²) in [7, 11) is 0. The maximum absolute atomic E-state index is 2.49. The van der Waals surface area contributed by atoms with E-state index in [1.165, 1.54) is 80.7 Å². The Morgan fingerprint density at radius 1 is 0.388 bits per heavy atom. The van der Waals surface area contributed by atoms with Crippen LogP contribution >= 0.6 is 11.3 Å². The van der Waals surface area contributed by atoms with Crippen molar-refractivity contribution in [3.05, 3.63) is 170 Å². The van der Waals surface area contributed by atoms with E-state index in [0.29, 0.717) is 0 Å². The van der Waals surface area contributed by atoms with E-state index in [-0.39, 0.29) is 0 Å². The van der Waals surface area contributed by atoms with Crippen LogP contribution in [0, 0.1) is 0 Å². The zero-order chi connectivity index (χ0) is 32.1. The predicted octanol–water partition coefficient (Wildman–Crippen LogP) is 13.4. The molecular formula is C46H28N2S. The molecule has 49 heavy (non-hydrogen) atoms. The molecule has 0 N–H and O–H groups in total. The fourth-order valence-corrected chi connectivity index (χ4v) is 9.36. The minimum atomic E-state index is 1.15. The summed E-state index contributed by atoms with van der Waals surface area (Å²) in [5, 5.41) is 7.88. The first kappa shape index (κ1) is 26.9. The van der Waals surface area contributed by atoms with Crippen molar-refractivity contribution < 1.29 is 0 Å². The highest BCUT2D eigenvalue weighted by Gasteiger charge is 2.24. The van der Waals surface area contributed by atoms with Crippen LogP contribution in [0.25, 0.3) is 80.7 Å². The Balaban J connectivity index is 1.14. The Hall–Kier alpha value is -6.16. The molecule has 0 spiro atoms. The Morgan fingerprint density at radius 3 is 1.80 bits per heavy atom. The van der Waals surface area contributed by atoms with Gasteiger partial charge < -0.3 is 9.47 Å². The quantitative estimate of drug-likeness (QED) is 0.186. The standard InChI is InChI=1S/C46H28N2S/c1-3-12-30(13-4-1)47(31-14-5-2-6-15-31)32-23-26-42-39(27-32)36-24-22-33(28-43(36)49-42)48-40-20-10-19-38-35-17-8-7-16-34(35)37-18-9-11-29-21-25-41(48)46(44(29)37)45(38)40/h1-28H. The smallest absolute Gasteiger partial charge is 0.0548 e. The first-order valence-corrected chi connectivity index (χ1v) is 17.6. The fourth-order valence-electron chi connectivity index (χ4n) is 8.24. The minimum Gasteiger partial charge on any atom is -0.310 e. The minimum absolute atomic E-state index is 1.15. The lowest BCUT2D eigenvalue weighted by atomic mass is 9.93. The van der Waals surface area contributed by atoms with Crippen molar-refractivity contribution in [3.8, 4) is 27.9 Å². The number of hydrogen-bond acceptors (Lipinski definition) is 2. The van der Waals surface area contributed by atoms with Crippen LogP contribution < -0.4 is 4.90 Å². The summed E-state index contributed by atoms with van der Waals surface area (Å²) in [6.07, 6.45) is 0. The number of nitrogens with zero attached hydrogens (tertiary/aromatic N) is 2. The summed E-state index contributed by atoms with van der Waals surface area (Å²) < 4.78 is 5.07. The van der Waals surface area contributed by atoms with Crippen molar-refractivity contribution in [3.63, 3.8) is 0 Å². The first-order chi connectivity index (χ1) is 24.3. The lowest BCUT2D eigenvalue weighted by Crippen LogP contribution is -2.09. The van der Waals surface area contributed by atoms with Gasteiger partial charge in [-0.1, -0.05) is 103 Å². The highest BCUT2D eigenvalue weighted by molar-refractivity contribution is 7.25. The van der Waals surface area contributed by atoms with Gasteiger partial charge in [-0.05, 0) is 99.8 Å². The molecule has 3 heteroatoms. The highest BCUT2D eigenvalue weighted by Crippen LogP contribution is 2.50. The van der Waals surface area contributed by atoms with E-state index in [9.17, 15) is 0 Å². The Morgan fingerprint density at radius 2 is 1.04 bits per heavy atom. The largest absolute Gasteiger partial charge is 0.310 e. The van der Waals surface area contributed by atoms with Gasteiger partial charge in [0.05, 0.1) is 11.0 Å². The van der Waals surface area contributed by atoms with Gasteiger partial charge in [0, 0.05) is 53.7 Å². The lowest BCUT2D eigenvalue weighted by Gasteiger charge is -2.25. The fraction of sp³-hybridized carbons (Fsp3) is 0. The van der Waals surface area contributed by atoms with Crippen LogP contribution in [0.4, 0.5) is 17.1 Å². The maximum Gasteiger partial charge on any atom is 0.0548 e. The van der Waals surface area contributed by atoms with E-state index in [4.69, 9.17) is 0 Å². The van der Waals surface area contributed by atoms with Gasteiger partial charge in [0.1, 0.15) is 0 Å². The maximum atomic E-state index is 2.49. The average molecular weight is 641 g/mol. The molecule has 2 heterocycles. The molecule has 0 atom stereocenters. The normalized spacial score (nSPS) is 12.1. The Labute approximate surface area is 287 Å². The second-order valence-electron chi connectivity index (χ2n) is 12.9. The SMILES string of the molecule is c1ccc(N(c2ccccc2)c2ccc3sc4cc(-n5c6cccc7c6c6c8c(cccc8ccc65)-c5ccccc5-7)ccc4c3c2)cc1. The van der Waals surface area contributed by atoms with Gasteiger partial charge in [0.25, 0.3) is 0 Å². The third kappa shape index (κ3) is 3.82. The number of fused-ring (bicyclic) bond motifs is 6. The van der Waals surface area contributed by atoms with Gasteiger partial charge in [-0.15, -0.1) is 11.3 Å². The number of anilines is 3.